The maximum atomic E-state index is 13.2. The molecule has 0 spiro atoms. The van der Waals surface area contributed by atoms with Crippen molar-refractivity contribution in [1.29, 1.82) is 0 Å². The van der Waals surface area contributed by atoms with Gasteiger partial charge in [0.15, 0.2) is 11.5 Å². The molecule has 1 aliphatic rings. The standard InChI is InChI=1S/C21H15F2N3O5/c22-21(23)30-17-6-5-13(10-18(17)31-21)26-19(27)14-3-1-2-4-15(14)25-11-12-7-8-24-16(9-12)20(28)29/h1-10,25H,11H2,(H,26,27)(H,28,29). The molecule has 8 nitrogen and oxygen atoms in total. The monoisotopic (exact) mass is 427 g/mol. The number of amides is 1. The van der Waals surface area contributed by atoms with Crippen LogP contribution >= 0.6 is 0 Å². The molecule has 1 amide bonds. The van der Waals surface area contributed by atoms with Gasteiger partial charge in [-0.3, -0.25) is 4.79 Å². The Morgan fingerprint density at radius 2 is 1.81 bits per heavy atom. The summed E-state index contributed by atoms with van der Waals surface area (Å²) in [6.45, 7) is 0.256. The molecule has 10 heteroatoms. The number of hydrogen-bond donors (Lipinski definition) is 3. The molecule has 0 unspecified atom stereocenters. The first-order chi connectivity index (χ1) is 14.8. The molecule has 0 atom stereocenters. The first-order valence-electron chi connectivity index (χ1n) is 9.03. The first-order valence-corrected chi connectivity index (χ1v) is 9.03. The van der Waals surface area contributed by atoms with Crippen molar-refractivity contribution in [3.05, 3.63) is 77.6 Å². The van der Waals surface area contributed by atoms with E-state index in [-0.39, 0.29) is 29.4 Å². The number of carbonyl (C=O) groups is 2. The number of fused-ring (bicyclic) bond motifs is 1. The van der Waals surface area contributed by atoms with Crippen LogP contribution in [0.3, 0.4) is 0 Å². The number of aromatic carboxylic acids is 1. The van der Waals surface area contributed by atoms with Gasteiger partial charge in [-0.05, 0) is 42.0 Å². The Morgan fingerprint density at radius 3 is 2.61 bits per heavy atom. The number of anilines is 2. The summed E-state index contributed by atoms with van der Waals surface area (Å²) in [5.74, 6) is -1.91. The number of halogens is 2. The third-order valence-corrected chi connectivity index (χ3v) is 4.36. The number of nitrogens with one attached hydrogen (secondary N) is 2. The van der Waals surface area contributed by atoms with Gasteiger partial charge in [-0.25, -0.2) is 9.78 Å². The van der Waals surface area contributed by atoms with E-state index in [1.165, 1.54) is 30.5 Å². The Hall–Kier alpha value is -4.21. The second-order valence-electron chi connectivity index (χ2n) is 6.54. The summed E-state index contributed by atoms with van der Waals surface area (Å²) in [5.41, 5.74) is 1.64. The minimum absolute atomic E-state index is 0.0845. The molecule has 0 saturated carbocycles. The van der Waals surface area contributed by atoms with Crippen LogP contribution in [0.4, 0.5) is 20.2 Å². The smallest absolute Gasteiger partial charge is 0.477 e. The molecule has 31 heavy (non-hydrogen) atoms. The molecular formula is C21H15F2N3O5. The molecule has 158 valence electrons. The predicted molar refractivity (Wildman–Crippen MR) is 106 cm³/mol. The summed E-state index contributed by atoms with van der Waals surface area (Å²) in [6.07, 6.45) is -2.35. The van der Waals surface area contributed by atoms with E-state index in [1.807, 2.05) is 0 Å². The lowest BCUT2D eigenvalue weighted by atomic mass is 10.1. The fourth-order valence-corrected chi connectivity index (χ4v) is 2.96. The highest BCUT2D eigenvalue weighted by Crippen LogP contribution is 2.42. The quantitative estimate of drug-likeness (QED) is 0.546. The number of rotatable bonds is 6. The second-order valence-corrected chi connectivity index (χ2v) is 6.54. The topological polar surface area (TPSA) is 110 Å². The van der Waals surface area contributed by atoms with Crippen molar-refractivity contribution in [3.63, 3.8) is 0 Å². The van der Waals surface area contributed by atoms with Gasteiger partial charge in [0, 0.05) is 30.2 Å². The van der Waals surface area contributed by atoms with Crippen molar-refractivity contribution in [3.8, 4) is 11.5 Å². The van der Waals surface area contributed by atoms with Crippen LogP contribution < -0.4 is 20.1 Å². The minimum Gasteiger partial charge on any atom is -0.477 e. The van der Waals surface area contributed by atoms with Crippen LogP contribution in [0, 0.1) is 0 Å². The molecule has 0 fully saturated rings. The fourth-order valence-electron chi connectivity index (χ4n) is 2.96. The highest BCUT2D eigenvalue weighted by Gasteiger charge is 2.43. The number of hydrogen-bond acceptors (Lipinski definition) is 6. The highest BCUT2D eigenvalue weighted by molar-refractivity contribution is 6.08. The van der Waals surface area contributed by atoms with Crippen LogP contribution in [0.15, 0.2) is 60.8 Å². The average molecular weight is 427 g/mol. The predicted octanol–water partition coefficient (Wildman–Crippen LogP) is 3.97. The van der Waals surface area contributed by atoms with Crippen LogP contribution in [0.2, 0.25) is 0 Å². The molecule has 0 radical (unpaired) electrons. The van der Waals surface area contributed by atoms with Crippen molar-refractivity contribution in [2.24, 2.45) is 0 Å². The summed E-state index contributed by atoms with van der Waals surface area (Å²) in [7, 11) is 0. The first kappa shape index (κ1) is 20.1. The summed E-state index contributed by atoms with van der Waals surface area (Å²) < 4.78 is 35.1. The molecule has 1 aromatic heterocycles. The summed E-state index contributed by atoms with van der Waals surface area (Å²) in [6, 6.07) is 13.7. The van der Waals surface area contributed by atoms with E-state index < -0.39 is 18.2 Å². The zero-order valence-electron chi connectivity index (χ0n) is 15.8. The van der Waals surface area contributed by atoms with Gasteiger partial charge >= 0.3 is 12.3 Å². The second kappa shape index (κ2) is 7.90. The SMILES string of the molecule is O=C(O)c1cc(CNc2ccccc2C(=O)Nc2ccc3c(c2)OC(F)(F)O3)ccn1. The van der Waals surface area contributed by atoms with Crippen LogP contribution in [0.5, 0.6) is 11.5 Å². The molecule has 3 aromatic rings. The molecule has 2 heterocycles. The number of nitrogens with zero attached hydrogens (tertiary/aromatic N) is 1. The molecule has 1 aliphatic heterocycles. The number of carboxylic acids is 1. The number of carboxylic acid groups (broad SMARTS) is 1. The van der Waals surface area contributed by atoms with E-state index in [4.69, 9.17) is 5.11 Å². The maximum Gasteiger partial charge on any atom is 0.586 e. The van der Waals surface area contributed by atoms with Gasteiger partial charge < -0.3 is 25.2 Å². The van der Waals surface area contributed by atoms with E-state index >= 15 is 0 Å². The van der Waals surface area contributed by atoms with Crippen molar-refractivity contribution in [2.45, 2.75) is 12.8 Å². The molecule has 0 bridgehead atoms. The molecule has 0 saturated heterocycles. The Labute approximate surface area is 174 Å². The van der Waals surface area contributed by atoms with E-state index in [1.54, 1.807) is 30.3 Å². The molecule has 0 aliphatic carbocycles. The molecule has 2 aromatic carbocycles. The molecular weight excluding hydrogens is 412 g/mol. The summed E-state index contributed by atoms with van der Waals surface area (Å²) in [5, 5.41) is 14.8. The number of carbonyl (C=O) groups excluding carboxylic acids is 1. The molecule has 4 rings (SSSR count). The van der Waals surface area contributed by atoms with Gasteiger partial charge in [-0.2, -0.15) is 0 Å². The number of ether oxygens (including phenoxy) is 2. The summed E-state index contributed by atoms with van der Waals surface area (Å²) in [4.78, 5) is 27.6. The number of pyridine rings is 1. The van der Waals surface area contributed by atoms with Gasteiger partial charge in [0.1, 0.15) is 5.69 Å². The van der Waals surface area contributed by atoms with E-state index in [2.05, 4.69) is 25.1 Å². The normalized spacial score (nSPS) is 13.5. The van der Waals surface area contributed by atoms with Crippen molar-refractivity contribution in [1.82, 2.24) is 4.98 Å². The van der Waals surface area contributed by atoms with Crippen molar-refractivity contribution < 1.29 is 33.0 Å². The lowest BCUT2D eigenvalue weighted by molar-refractivity contribution is -0.286. The Kier molecular flexibility index (Phi) is 5.12. The number of benzene rings is 2. The summed E-state index contributed by atoms with van der Waals surface area (Å²) >= 11 is 0. The van der Waals surface area contributed by atoms with Crippen LogP contribution in [0.25, 0.3) is 0 Å². The Morgan fingerprint density at radius 1 is 1.03 bits per heavy atom. The van der Waals surface area contributed by atoms with Gasteiger partial charge in [0.05, 0.1) is 5.56 Å². The lowest BCUT2D eigenvalue weighted by Gasteiger charge is -2.13. The number of alkyl halides is 2. The van der Waals surface area contributed by atoms with Crippen LogP contribution in [0.1, 0.15) is 26.4 Å². The van der Waals surface area contributed by atoms with Crippen LogP contribution in [-0.2, 0) is 6.54 Å². The third kappa shape index (κ3) is 4.53. The van der Waals surface area contributed by atoms with Gasteiger partial charge in [-0.15, -0.1) is 8.78 Å². The number of para-hydroxylation sites is 1. The van der Waals surface area contributed by atoms with Crippen molar-refractivity contribution >= 4 is 23.3 Å². The zero-order chi connectivity index (χ0) is 22.0. The zero-order valence-corrected chi connectivity index (χ0v) is 15.8. The van der Waals surface area contributed by atoms with E-state index in [0.29, 0.717) is 16.8 Å². The Bertz CT molecular complexity index is 1170. The number of aromatic nitrogens is 1. The maximum absolute atomic E-state index is 13.2. The molecule has 3 N–H and O–H groups in total. The van der Waals surface area contributed by atoms with Gasteiger partial charge in [0.2, 0.25) is 0 Å². The highest BCUT2D eigenvalue weighted by atomic mass is 19.3. The lowest BCUT2D eigenvalue weighted by Crippen LogP contribution is -2.25. The average Bonchev–Trinajstić information content (AvgIpc) is 3.05. The van der Waals surface area contributed by atoms with Gasteiger partial charge in [0.25, 0.3) is 5.91 Å². The van der Waals surface area contributed by atoms with Gasteiger partial charge in [-0.1, -0.05) is 12.1 Å². The minimum atomic E-state index is -3.74. The fraction of sp³-hybridized carbons (Fsp3) is 0.0952. The van der Waals surface area contributed by atoms with E-state index in [9.17, 15) is 18.4 Å². The van der Waals surface area contributed by atoms with Crippen molar-refractivity contribution in [2.75, 3.05) is 10.6 Å². The third-order valence-electron chi connectivity index (χ3n) is 4.36. The van der Waals surface area contributed by atoms with E-state index in [0.717, 1.165) is 0 Å². The van der Waals surface area contributed by atoms with Crippen LogP contribution in [-0.4, -0.2) is 28.3 Å². The Balaban J connectivity index is 1.48. The largest absolute Gasteiger partial charge is 0.586 e.